The van der Waals surface area contributed by atoms with Gasteiger partial charge in [-0.2, -0.15) is 12.6 Å². The van der Waals surface area contributed by atoms with Gasteiger partial charge in [-0.1, -0.05) is 0 Å². The number of hydrogen-bond donors (Lipinski definition) is 3. The highest BCUT2D eigenvalue weighted by atomic mass is 32.1. The molecular weight excluding hydrogens is 192 g/mol. The third-order valence-corrected chi connectivity index (χ3v) is 2.69. The first-order valence-corrected chi connectivity index (χ1v) is 4.77. The first kappa shape index (κ1) is 10.4. The maximum absolute atomic E-state index is 10.7. The molecule has 1 saturated carbocycles. The molecule has 1 rings (SSSR count). The molecule has 0 aliphatic heterocycles. The van der Waals surface area contributed by atoms with Gasteiger partial charge in [-0.05, 0) is 24.5 Å². The van der Waals surface area contributed by atoms with Crippen LogP contribution >= 0.6 is 12.6 Å². The molecule has 0 bridgehead atoms. The number of carbonyl (C=O) groups is 2. The summed E-state index contributed by atoms with van der Waals surface area (Å²) in [4.78, 5) is 21.2. The molecular formula is C8H12O4S. The van der Waals surface area contributed by atoms with Crippen LogP contribution in [-0.2, 0) is 9.59 Å². The fourth-order valence-electron chi connectivity index (χ4n) is 1.60. The lowest BCUT2D eigenvalue weighted by molar-refractivity contribution is -0.143. The Morgan fingerprint density at radius 1 is 1.46 bits per heavy atom. The van der Waals surface area contributed by atoms with Crippen LogP contribution < -0.4 is 0 Å². The fraction of sp³-hybridized carbons (Fsp3) is 0.750. The molecule has 1 fully saturated rings. The van der Waals surface area contributed by atoms with Gasteiger partial charge in [0.2, 0.25) is 0 Å². The van der Waals surface area contributed by atoms with E-state index in [4.69, 9.17) is 10.2 Å². The van der Waals surface area contributed by atoms with Crippen molar-refractivity contribution in [2.45, 2.75) is 12.8 Å². The normalized spacial score (nSPS) is 28.1. The molecule has 0 aromatic heterocycles. The largest absolute Gasteiger partial charge is 0.481 e. The molecule has 2 N–H and O–H groups in total. The summed E-state index contributed by atoms with van der Waals surface area (Å²) >= 11 is 3.95. The van der Waals surface area contributed by atoms with Gasteiger partial charge in [0.1, 0.15) is 0 Å². The van der Waals surface area contributed by atoms with Gasteiger partial charge in [0.25, 0.3) is 0 Å². The smallest absolute Gasteiger partial charge is 0.306 e. The minimum atomic E-state index is -0.900. The Kier molecular flexibility index (Phi) is 3.19. The summed E-state index contributed by atoms with van der Waals surface area (Å²) in [6.07, 6.45) is 0.951. The Morgan fingerprint density at radius 3 is 2.38 bits per heavy atom. The zero-order valence-corrected chi connectivity index (χ0v) is 7.91. The van der Waals surface area contributed by atoms with Crippen LogP contribution in [0.4, 0.5) is 0 Å². The van der Waals surface area contributed by atoms with Crippen LogP contribution in [0, 0.1) is 17.8 Å². The average Bonchev–Trinajstić information content (AvgIpc) is 2.78. The van der Waals surface area contributed by atoms with Crippen molar-refractivity contribution in [2.24, 2.45) is 17.8 Å². The Bertz CT molecular complexity index is 228. The molecule has 0 aromatic carbocycles. The Morgan fingerprint density at radius 2 is 2.08 bits per heavy atom. The summed E-state index contributed by atoms with van der Waals surface area (Å²) in [5.41, 5.74) is 0. The highest BCUT2D eigenvalue weighted by Gasteiger charge is 2.49. The maximum Gasteiger partial charge on any atom is 0.306 e. The van der Waals surface area contributed by atoms with Gasteiger partial charge in [-0.3, -0.25) is 9.59 Å². The minimum Gasteiger partial charge on any atom is -0.481 e. The van der Waals surface area contributed by atoms with Gasteiger partial charge < -0.3 is 10.2 Å². The van der Waals surface area contributed by atoms with E-state index >= 15 is 0 Å². The van der Waals surface area contributed by atoms with Crippen LogP contribution in [-0.4, -0.2) is 27.9 Å². The second-order valence-corrected chi connectivity index (χ2v) is 3.75. The summed E-state index contributed by atoms with van der Waals surface area (Å²) in [6, 6.07) is 0. The van der Waals surface area contributed by atoms with E-state index in [1.54, 1.807) is 0 Å². The SMILES string of the molecule is O=C(O)C(CCS)C1CC1C(=O)O. The van der Waals surface area contributed by atoms with E-state index in [1.165, 1.54) is 0 Å². The maximum atomic E-state index is 10.7. The van der Waals surface area contributed by atoms with Crippen LogP contribution in [0.15, 0.2) is 0 Å². The number of rotatable bonds is 5. The number of aliphatic carboxylic acids is 2. The zero-order chi connectivity index (χ0) is 10.0. The highest BCUT2D eigenvalue weighted by molar-refractivity contribution is 7.80. The van der Waals surface area contributed by atoms with Gasteiger partial charge in [-0.15, -0.1) is 0 Å². The fourth-order valence-corrected chi connectivity index (χ4v) is 1.88. The molecule has 3 atom stereocenters. The van der Waals surface area contributed by atoms with E-state index in [0.717, 1.165) is 0 Å². The van der Waals surface area contributed by atoms with Crippen LogP contribution in [0.5, 0.6) is 0 Å². The molecule has 0 heterocycles. The summed E-state index contributed by atoms with van der Waals surface area (Å²) in [7, 11) is 0. The molecule has 0 saturated heterocycles. The number of carboxylic acid groups (broad SMARTS) is 2. The Balaban J connectivity index is 2.49. The van der Waals surface area contributed by atoms with E-state index in [-0.39, 0.29) is 5.92 Å². The van der Waals surface area contributed by atoms with E-state index < -0.39 is 23.8 Å². The van der Waals surface area contributed by atoms with Crippen LogP contribution in [0.1, 0.15) is 12.8 Å². The molecule has 0 spiro atoms. The molecule has 74 valence electrons. The second-order valence-electron chi connectivity index (χ2n) is 3.30. The molecule has 13 heavy (non-hydrogen) atoms. The van der Waals surface area contributed by atoms with Gasteiger partial charge in [-0.25, -0.2) is 0 Å². The van der Waals surface area contributed by atoms with Gasteiger partial charge in [0.05, 0.1) is 11.8 Å². The average molecular weight is 204 g/mol. The lowest BCUT2D eigenvalue weighted by atomic mass is 9.99. The van der Waals surface area contributed by atoms with Crippen molar-refractivity contribution in [3.63, 3.8) is 0 Å². The number of hydrogen-bond acceptors (Lipinski definition) is 3. The Hall–Kier alpha value is -0.710. The number of thiol groups is 1. The predicted octanol–water partition coefficient (Wildman–Crippen LogP) is 0.728. The standard InChI is InChI=1S/C8H12O4S/c9-7(10)4(1-2-13)5-3-6(5)8(11)12/h4-6,13H,1-3H2,(H,9,10)(H,11,12). The summed E-state index contributed by atoms with van der Waals surface area (Å²) < 4.78 is 0. The van der Waals surface area contributed by atoms with Crippen molar-refractivity contribution in [2.75, 3.05) is 5.75 Å². The first-order chi connectivity index (χ1) is 6.07. The van der Waals surface area contributed by atoms with E-state index in [0.29, 0.717) is 18.6 Å². The molecule has 0 amide bonds. The summed E-state index contributed by atoms with van der Waals surface area (Å²) in [5, 5.41) is 17.4. The van der Waals surface area contributed by atoms with Crippen molar-refractivity contribution < 1.29 is 19.8 Å². The lowest BCUT2D eigenvalue weighted by Crippen LogP contribution is -2.18. The van der Waals surface area contributed by atoms with Gasteiger partial charge in [0, 0.05) is 0 Å². The van der Waals surface area contributed by atoms with Gasteiger partial charge in [0.15, 0.2) is 0 Å². The molecule has 1 aliphatic carbocycles. The van der Waals surface area contributed by atoms with E-state index in [9.17, 15) is 9.59 Å². The predicted molar refractivity (Wildman–Crippen MR) is 48.8 cm³/mol. The third-order valence-electron chi connectivity index (χ3n) is 2.43. The topological polar surface area (TPSA) is 74.6 Å². The van der Waals surface area contributed by atoms with Crippen molar-refractivity contribution in [1.29, 1.82) is 0 Å². The second kappa shape index (κ2) is 4.00. The van der Waals surface area contributed by atoms with Crippen LogP contribution in [0.2, 0.25) is 0 Å². The minimum absolute atomic E-state index is 0.179. The molecule has 5 heteroatoms. The van der Waals surface area contributed by atoms with Crippen molar-refractivity contribution in [1.82, 2.24) is 0 Å². The molecule has 1 aliphatic rings. The van der Waals surface area contributed by atoms with Crippen LogP contribution in [0.3, 0.4) is 0 Å². The Labute approximate surface area is 81.4 Å². The highest BCUT2D eigenvalue weighted by Crippen LogP contribution is 2.45. The quantitative estimate of drug-likeness (QED) is 0.577. The number of carboxylic acids is 2. The monoisotopic (exact) mass is 204 g/mol. The van der Waals surface area contributed by atoms with Gasteiger partial charge >= 0.3 is 11.9 Å². The van der Waals surface area contributed by atoms with Crippen molar-refractivity contribution in [3.8, 4) is 0 Å². The summed E-state index contributed by atoms with van der Waals surface area (Å²) in [5.74, 6) is -2.44. The van der Waals surface area contributed by atoms with Crippen LogP contribution in [0.25, 0.3) is 0 Å². The lowest BCUT2D eigenvalue weighted by Gasteiger charge is -2.08. The van der Waals surface area contributed by atoms with Crippen molar-refractivity contribution >= 4 is 24.6 Å². The summed E-state index contributed by atoms with van der Waals surface area (Å²) in [6.45, 7) is 0. The molecule has 3 unspecified atom stereocenters. The van der Waals surface area contributed by atoms with E-state index in [1.807, 2.05) is 0 Å². The van der Waals surface area contributed by atoms with E-state index in [2.05, 4.69) is 12.6 Å². The molecule has 4 nitrogen and oxygen atoms in total. The molecule has 0 radical (unpaired) electrons. The third kappa shape index (κ3) is 2.37. The molecule has 0 aromatic rings. The zero-order valence-electron chi connectivity index (χ0n) is 7.01. The first-order valence-electron chi connectivity index (χ1n) is 4.14. The van der Waals surface area contributed by atoms with Crippen molar-refractivity contribution in [3.05, 3.63) is 0 Å².